The molecule has 2 aromatic carbocycles. The Labute approximate surface area is 129 Å². The van der Waals surface area contributed by atoms with E-state index in [2.05, 4.69) is 10.5 Å². The van der Waals surface area contributed by atoms with Gasteiger partial charge in [-0.25, -0.2) is 5.43 Å². The van der Waals surface area contributed by atoms with Crippen molar-refractivity contribution in [3.63, 3.8) is 0 Å². The normalized spacial score (nSPS) is 12.3. The van der Waals surface area contributed by atoms with Gasteiger partial charge in [0.05, 0.1) is 11.5 Å². The number of hydrazone groups is 1. The van der Waals surface area contributed by atoms with Gasteiger partial charge in [-0.15, -0.1) is 11.8 Å². The van der Waals surface area contributed by atoms with Crippen LogP contribution in [0.1, 0.15) is 18.1 Å². The molecule has 3 nitrogen and oxygen atoms in total. The number of benzene rings is 2. The van der Waals surface area contributed by atoms with Gasteiger partial charge in [-0.05, 0) is 31.5 Å². The number of rotatable bonds is 5. The van der Waals surface area contributed by atoms with Crippen molar-refractivity contribution < 1.29 is 4.79 Å². The van der Waals surface area contributed by atoms with Crippen molar-refractivity contribution in [1.29, 1.82) is 0 Å². The van der Waals surface area contributed by atoms with Gasteiger partial charge >= 0.3 is 0 Å². The number of carbonyl (C=O) groups excluding carboxylic acids is 1. The second-order valence-electron chi connectivity index (χ2n) is 4.72. The van der Waals surface area contributed by atoms with Crippen LogP contribution in [0, 0.1) is 6.92 Å². The first-order chi connectivity index (χ1) is 10.1. The van der Waals surface area contributed by atoms with Gasteiger partial charge in [0.1, 0.15) is 0 Å². The number of amides is 1. The second-order valence-corrected chi connectivity index (χ2v) is 6.13. The maximum atomic E-state index is 11.9. The molecule has 108 valence electrons. The first-order valence-corrected chi connectivity index (χ1v) is 7.64. The first kappa shape index (κ1) is 15.3. The molecule has 0 heterocycles. The molecule has 0 saturated carbocycles. The zero-order valence-electron chi connectivity index (χ0n) is 12.1. The highest BCUT2D eigenvalue weighted by atomic mass is 32.2. The quantitative estimate of drug-likeness (QED) is 0.520. The maximum absolute atomic E-state index is 11.9. The Hall–Kier alpha value is -2.07. The fourth-order valence-electron chi connectivity index (χ4n) is 1.67. The smallest absolute Gasteiger partial charge is 0.253 e. The van der Waals surface area contributed by atoms with Crippen LogP contribution in [0.25, 0.3) is 0 Å². The summed E-state index contributed by atoms with van der Waals surface area (Å²) in [7, 11) is 0. The van der Waals surface area contributed by atoms with Crippen LogP contribution in [0.4, 0.5) is 0 Å². The molecule has 0 spiro atoms. The molecule has 21 heavy (non-hydrogen) atoms. The van der Waals surface area contributed by atoms with E-state index in [1.54, 1.807) is 6.21 Å². The Balaban J connectivity index is 1.85. The summed E-state index contributed by atoms with van der Waals surface area (Å²) >= 11 is 1.51. The molecule has 2 aromatic rings. The highest BCUT2D eigenvalue weighted by Crippen LogP contribution is 2.22. The fourth-order valence-corrected chi connectivity index (χ4v) is 2.55. The predicted molar refractivity (Wildman–Crippen MR) is 88.7 cm³/mol. The minimum Gasteiger partial charge on any atom is -0.272 e. The van der Waals surface area contributed by atoms with E-state index in [1.165, 1.54) is 17.3 Å². The summed E-state index contributed by atoms with van der Waals surface area (Å²) in [6, 6.07) is 17.8. The van der Waals surface area contributed by atoms with Crippen molar-refractivity contribution >= 4 is 23.9 Å². The lowest BCUT2D eigenvalue weighted by Gasteiger charge is -2.08. The molecule has 0 aliphatic carbocycles. The lowest BCUT2D eigenvalue weighted by Crippen LogP contribution is -2.26. The van der Waals surface area contributed by atoms with Crippen molar-refractivity contribution in [3.05, 3.63) is 65.7 Å². The van der Waals surface area contributed by atoms with Gasteiger partial charge in [-0.3, -0.25) is 4.79 Å². The van der Waals surface area contributed by atoms with E-state index in [0.29, 0.717) is 0 Å². The Morgan fingerprint density at radius 1 is 1.14 bits per heavy atom. The Morgan fingerprint density at radius 2 is 1.81 bits per heavy atom. The number of aryl methyl sites for hydroxylation is 1. The van der Waals surface area contributed by atoms with Crippen molar-refractivity contribution in [2.24, 2.45) is 5.10 Å². The Kier molecular flexibility index (Phi) is 5.58. The standard InChI is InChI=1S/C17H18N2OS/c1-13-8-10-15(11-9-13)12-18-19-17(20)14(2)21-16-6-4-3-5-7-16/h3-12,14H,1-2H3,(H,19,20)/b18-12-/t14-/m1/s1. The average Bonchev–Trinajstić information content (AvgIpc) is 2.50. The molecule has 2 rings (SSSR count). The third-order valence-corrected chi connectivity index (χ3v) is 4.00. The largest absolute Gasteiger partial charge is 0.272 e. The number of hydrogen-bond donors (Lipinski definition) is 1. The molecule has 0 aliphatic heterocycles. The van der Waals surface area contributed by atoms with Crippen LogP contribution >= 0.6 is 11.8 Å². The van der Waals surface area contributed by atoms with E-state index in [4.69, 9.17) is 0 Å². The number of carbonyl (C=O) groups is 1. The highest BCUT2D eigenvalue weighted by Gasteiger charge is 2.13. The van der Waals surface area contributed by atoms with Gasteiger partial charge < -0.3 is 0 Å². The van der Waals surface area contributed by atoms with Crippen LogP contribution in [0.2, 0.25) is 0 Å². The van der Waals surface area contributed by atoms with Gasteiger partial charge in [0.25, 0.3) is 5.91 Å². The molecule has 0 aromatic heterocycles. The molecule has 0 saturated heterocycles. The predicted octanol–water partition coefficient (Wildman–Crippen LogP) is 3.63. The molecule has 0 unspecified atom stereocenters. The first-order valence-electron chi connectivity index (χ1n) is 6.76. The zero-order valence-corrected chi connectivity index (χ0v) is 12.9. The van der Waals surface area contributed by atoms with Crippen LogP contribution in [0.5, 0.6) is 0 Å². The lowest BCUT2D eigenvalue weighted by atomic mass is 10.2. The monoisotopic (exact) mass is 298 g/mol. The number of hydrogen-bond acceptors (Lipinski definition) is 3. The van der Waals surface area contributed by atoms with Crippen LogP contribution in [0.15, 0.2) is 64.6 Å². The lowest BCUT2D eigenvalue weighted by molar-refractivity contribution is -0.120. The molecule has 0 aliphatic rings. The van der Waals surface area contributed by atoms with Gasteiger partial charge in [0, 0.05) is 4.90 Å². The van der Waals surface area contributed by atoms with E-state index >= 15 is 0 Å². The minimum atomic E-state index is -0.192. The molecule has 4 heteroatoms. The van der Waals surface area contributed by atoms with E-state index in [9.17, 15) is 4.79 Å². The van der Waals surface area contributed by atoms with E-state index < -0.39 is 0 Å². The summed E-state index contributed by atoms with van der Waals surface area (Å²) in [6.07, 6.45) is 1.65. The van der Waals surface area contributed by atoms with E-state index in [-0.39, 0.29) is 11.2 Å². The third kappa shape index (κ3) is 5.08. The van der Waals surface area contributed by atoms with Crippen molar-refractivity contribution in [3.8, 4) is 0 Å². The molecule has 0 fully saturated rings. The maximum Gasteiger partial charge on any atom is 0.253 e. The number of nitrogens with one attached hydrogen (secondary N) is 1. The highest BCUT2D eigenvalue weighted by molar-refractivity contribution is 8.00. The van der Waals surface area contributed by atoms with Crippen molar-refractivity contribution in [1.82, 2.24) is 5.43 Å². The van der Waals surface area contributed by atoms with Crippen LogP contribution in [-0.4, -0.2) is 17.4 Å². The zero-order chi connectivity index (χ0) is 15.1. The average molecular weight is 298 g/mol. The summed E-state index contributed by atoms with van der Waals surface area (Å²) in [5.74, 6) is -0.104. The van der Waals surface area contributed by atoms with E-state index in [1.807, 2.05) is 68.4 Å². The molecule has 0 bridgehead atoms. The van der Waals surface area contributed by atoms with E-state index in [0.717, 1.165) is 10.5 Å². The second kappa shape index (κ2) is 7.64. The number of nitrogens with zero attached hydrogens (tertiary/aromatic N) is 1. The molecule has 1 atom stereocenters. The summed E-state index contributed by atoms with van der Waals surface area (Å²) < 4.78 is 0. The minimum absolute atomic E-state index is 0.104. The third-order valence-electron chi connectivity index (χ3n) is 2.89. The molecule has 1 amide bonds. The SMILES string of the molecule is Cc1ccc(/C=N\NC(=O)[C@@H](C)Sc2ccccc2)cc1. The van der Waals surface area contributed by atoms with Crippen LogP contribution < -0.4 is 5.43 Å². The topological polar surface area (TPSA) is 41.5 Å². The molecule has 1 N–H and O–H groups in total. The molecular formula is C17H18N2OS. The summed E-state index contributed by atoms with van der Waals surface area (Å²) in [5, 5.41) is 3.80. The molecular weight excluding hydrogens is 280 g/mol. The van der Waals surface area contributed by atoms with Crippen LogP contribution in [0.3, 0.4) is 0 Å². The van der Waals surface area contributed by atoms with Gasteiger partial charge in [-0.1, -0.05) is 48.0 Å². The fraction of sp³-hybridized carbons (Fsp3) is 0.176. The van der Waals surface area contributed by atoms with Gasteiger partial charge in [0.15, 0.2) is 0 Å². The number of thioether (sulfide) groups is 1. The van der Waals surface area contributed by atoms with Gasteiger partial charge in [0.2, 0.25) is 0 Å². The molecule has 0 radical (unpaired) electrons. The summed E-state index contributed by atoms with van der Waals surface area (Å²) in [5.41, 5.74) is 4.74. The Bertz CT molecular complexity index is 608. The summed E-state index contributed by atoms with van der Waals surface area (Å²) in [4.78, 5) is 13.0. The van der Waals surface area contributed by atoms with Crippen LogP contribution in [-0.2, 0) is 4.79 Å². The Morgan fingerprint density at radius 3 is 2.48 bits per heavy atom. The van der Waals surface area contributed by atoms with Crippen molar-refractivity contribution in [2.75, 3.05) is 0 Å². The van der Waals surface area contributed by atoms with Crippen molar-refractivity contribution in [2.45, 2.75) is 24.0 Å². The van der Waals surface area contributed by atoms with Gasteiger partial charge in [-0.2, -0.15) is 5.10 Å². The summed E-state index contributed by atoms with van der Waals surface area (Å²) in [6.45, 7) is 3.90.